The van der Waals surface area contributed by atoms with Gasteiger partial charge in [0.15, 0.2) is 5.78 Å². The molecule has 0 radical (unpaired) electrons. The number of anilines is 1. The number of morpholine rings is 1. The summed E-state index contributed by atoms with van der Waals surface area (Å²) in [6.45, 7) is 24.2. The molecule has 0 saturated carbocycles. The summed E-state index contributed by atoms with van der Waals surface area (Å²) < 4.78 is 5.63. The number of hydrogen-bond donors (Lipinski definition) is 1. The lowest BCUT2D eigenvalue weighted by Crippen LogP contribution is -2.49. The van der Waals surface area contributed by atoms with Crippen LogP contribution in [-0.4, -0.2) is 69.2 Å². The Balaban J connectivity index is 1.48. The number of ether oxygens (including phenoxy) is 1. The molecule has 0 amide bonds. The smallest absolute Gasteiger partial charge is 0.195 e. The first kappa shape index (κ1) is 32.6. The third-order valence-corrected chi connectivity index (χ3v) is 17.8. The Morgan fingerprint density at radius 3 is 2.22 bits per heavy atom. The number of nitrogens with one attached hydrogen (secondary N) is 1. The van der Waals surface area contributed by atoms with Crippen molar-refractivity contribution in [1.82, 2.24) is 9.88 Å². The van der Waals surface area contributed by atoms with E-state index in [1.54, 1.807) is 6.07 Å². The van der Waals surface area contributed by atoms with Gasteiger partial charge >= 0.3 is 0 Å². The lowest BCUT2D eigenvalue weighted by molar-refractivity contribution is 0.0115. The number of fused-ring (bicyclic) bond motifs is 4. The van der Waals surface area contributed by atoms with Crippen LogP contribution >= 0.6 is 0 Å². The summed E-state index contributed by atoms with van der Waals surface area (Å²) in [5.74, 6) is 3.83. The van der Waals surface area contributed by atoms with E-state index in [-0.39, 0.29) is 5.78 Å². The molecule has 7 heteroatoms. The largest absolute Gasteiger partial charge is 0.379 e. The lowest BCUT2D eigenvalue weighted by atomic mass is 9.70. The first-order chi connectivity index (χ1) is 21.9. The van der Waals surface area contributed by atoms with Crippen molar-refractivity contribution in [1.29, 1.82) is 5.26 Å². The predicted molar refractivity (Wildman–Crippen MR) is 191 cm³/mol. The number of carbonyl (C=O) groups excluding carboxylic acids is 1. The van der Waals surface area contributed by atoms with Gasteiger partial charge < -0.3 is 14.6 Å². The molecule has 242 valence electrons. The van der Waals surface area contributed by atoms with Gasteiger partial charge in [0, 0.05) is 65.4 Å². The maximum Gasteiger partial charge on any atom is 0.195 e. The van der Waals surface area contributed by atoms with Crippen LogP contribution in [0.5, 0.6) is 0 Å². The Morgan fingerprint density at radius 1 is 0.957 bits per heavy atom. The number of nitriles is 1. The minimum atomic E-state index is -2.00. The number of hydrogen-bond acceptors (Lipinski definition) is 5. The monoisotopic (exact) mass is 634 g/mol. The number of benzene rings is 2. The zero-order chi connectivity index (χ0) is 33.0. The SMILES string of the molecule is CC(C)[Si](C#Cc1cc2c(cc1N1CCC(N3CCOCC3)CC1)C(C)(C)c1[nH]c3cc(C#N)ccc3c1C2=O)(C(C)C)C(C)C. The molecule has 1 aliphatic carbocycles. The summed E-state index contributed by atoms with van der Waals surface area (Å²) in [6.07, 6.45) is 2.23. The fraction of sp³-hybridized carbons (Fsp3) is 0.538. The Labute approximate surface area is 276 Å². The standard InChI is InChI=1S/C39H50N4O2Si/c1-25(2)46(26(3)4,27(5)6)20-13-29-22-32-33(23-35(29)43-14-11-30(12-15-43)42-16-18-45-19-17-42)39(7,8)38-36(37(32)44)31-10-9-28(24-40)21-34(31)41-38/h9-10,21-23,25-27,30,41H,11-12,14-19H2,1-8H3. The van der Waals surface area contributed by atoms with Crippen LogP contribution in [0, 0.1) is 22.8 Å². The van der Waals surface area contributed by atoms with Gasteiger partial charge in [0.2, 0.25) is 0 Å². The number of carbonyl (C=O) groups is 1. The number of nitrogens with zero attached hydrogens (tertiary/aromatic N) is 3. The highest BCUT2D eigenvalue weighted by atomic mass is 28.3. The van der Waals surface area contributed by atoms with Crippen molar-refractivity contribution in [2.45, 2.75) is 96.3 Å². The quantitative estimate of drug-likeness (QED) is 0.229. The number of piperidine rings is 1. The molecule has 3 aliphatic rings. The Bertz CT molecular complexity index is 1730. The zero-order valence-corrected chi connectivity index (χ0v) is 30.0. The van der Waals surface area contributed by atoms with Crippen LogP contribution in [0.25, 0.3) is 10.9 Å². The van der Waals surface area contributed by atoms with Gasteiger partial charge in [0.25, 0.3) is 0 Å². The molecular weight excluding hydrogens is 585 g/mol. The normalized spacial score (nSPS) is 18.9. The molecule has 2 aliphatic heterocycles. The molecule has 6 rings (SSSR count). The van der Waals surface area contributed by atoms with Crippen molar-refractivity contribution in [2.75, 3.05) is 44.3 Å². The first-order valence-electron chi connectivity index (χ1n) is 17.3. The van der Waals surface area contributed by atoms with Crippen LogP contribution in [0.2, 0.25) is 16.6 Å². The topological polar surface area (TPSA) is 72.4 Å². The van der Waals surface area contributed by atoms with Gasteiger partial charge in [0.05, 0.1) is 36.1 Å². The van der Waals surface area contributed by atoms with Crippen LogP contribution in [0.4, 0.5) is 5.69 Å². The Hall–Kier alpha value is -3.36. The second kappa shape index (κ2) is 12.3. The van der Waals surface area contributed by atoms with Crippen molar-refractivity contribution in [3.05, 3.63) is 63.8 Å². The van der Waals surface area contributed by atoms with E-state index in [9.17, 15) is 10.1 Å². The van der Waals surface area contributed by atoms with E-state index in [0.29, 0.717) is 28.2 Å². The molecule has 3 heterocycles. The average Bonchev–Trinajstić information content (AvgIpc) is 3.44. The van der Waals surface area contributed by atoms with Crippen molar-refractivity contribution < 1.29 is 9.53 Å². The lowest BCUT2D eigenvalue weighted by Gasteiger charge is -2.42. The van der Waals surface area contributed by atoms with Crippen LogP contribution in [0.1, 0.15) is 107 Å². The van der Waals surface area contributed by atoms with Gasteiger partial charge in [-0.05, 0) is 59.3 Å². The average molecular weight is 635 g/mol. The Morgan fingerprint density at radius 2 is 1.61 bits per heavy atom. The summed E-state index contributed by atoms with van der Waals surface area (Å²) in [7, 11) is -2.00. The van der Waals surface area contributed by atoms with Gasteiger partial charge in [-0.15, -0.1) is 5.54 Å². The van der Waals surface area contributed by atoms with Crippen LogP contribution in [0.15, 0.2) is 30.3 Å². The summed E-state index contributed by atoms with van der Waals surface area (Å²) in [6, 6.07) is 12.8. The van der Waals surface area contributed by atoms with E-state index in [4.69, 9.17) is 4.74 Å². The van der Waals surface area contributed by atoms with E-state index in [0.717, 1.165) is 96.8 Å². The zero-order valence-electron chi connectivity index (χ0n) is 29.0. The molecule has 46 heavy (non-hydrogen) atoms. The van der Waals surface area contributed by atoms with E-state index in [1.165, 1.54) is 0 Å². The molecule has 2 fully saturated rings. The predicted octanol–water partition coefficient (Wildman–Crippen LogP) is 7.78. The molecule has 3 aromatic rings. The van der Waals surface area contributed by atoms with Crippen molar-refractivity contribution in [3.8, 4) is 17.5 Å². The first-order valence-corrected chi connectivity index (χ1v) is 19.5. The number of ketones is 1. The highest BCUT2D eigenvalue weighted by Gasteiger charge is 2.43. The molecule has 0 unspecified atom stereocenters. The fourth-order valence-corrected chi connectivity index (χ4v) is 14.1. The second-order valence-electron chi connectivity index (χ2n) is 15.1. The minimum Gasteiger partial charge on any atom is -0.379 e. The van der Waals surface area contributed by atoms with E-state index in [1.807, 2.05) is 12.1 Å². The molecule has 0 bridgehead atoms. The molecule has 1 aromatic heterocycles. The molecule has 2 saturated heterocycles. The van der Waals surface area contributed by atoms with Crippen molar-refractivity contribution in [3.63, 3.8) is 0 Å². The molecule has 2 aromatic carbocycles. The van der Waals surface area contributed by atoms with Gasteiger partial charge in [-0.25, -0.2) is 0 Å². The van der Waals surface area contributed by atoms with Gasteiger partial charge in [-0.3, -0.25) is 9.69 Å². The van der Waals surface area contributed by atoms with Gasteiger partial charge in [0.1, 0.15) is 8.07 Å². The Kier molecular flexibility index (Phi) is 8.74. The van der Waals surface area contributed by atoms with Gasteiger partial charge in [-0.2, -0.15) is 5.26 Å². The summed E-state index contributed by atoms with van der Waals surface area (Å²) >= 11 is 0. The van der Waals surface area contributed by atoms with Gasteiger partial charge in [-0.1, -0.05) is 67.4 Å². The molecule has 1 N–H and O–H groups in total. The van der Waals surface area contributed by atoms with Crippen molar-refractivity contribution in [2.24, 2.45) is 0 Å². The highest BCUT2D eigenvalue weighted by molar-refractivity contribution is 6.90. The molecular formula is C39H50N4O2Si. The maximum atomic E-state index is 14.5. The number of aromatic nitrogens is 1. The van der Waals surface area contributed by atoms with Crippen LogP contribution in [0.3, 0.4) is 0 Å². The number of rotatable bonds is 5. The third kappa shape index (κ3) is 5.31. The molecule has 6 nitrogen and oxygen atoms in total. The fourth-order valence-electron chi connectivity index (χ4n) is 8.92. The second-order valence-corrected chi connectivity index (χ2v) is 20.7. The molecule has 0 atom stereocenters. The summed E-state index contributed by atoms with van der Waals surface area (Å²) in [4.78, 5) is 23.2. The van der Waals surface area contributed by atoms with E-state index < -0.39 is 13.5 Å². The summed E-state index contributed by atoms with van der Waals surface area (Å²) in [5, 5.41) is 10.4. The third-order valence-electron chi connectivity index (χ3n) is 11.5. The van der Waals surface area contributed by atoms with E-state index >= 15 is 0 Å². The van der Waals surface area contributed by atoms with Crippen molar-refractivity contribution >= 4 is 30.4 Å². The number of aromatic amines is 1. The van der Waals surface area contributed by atoms with E-state index in [2.05, 4.69) is 99.8 Å². The number of H-pyrrole nitrogens is 1. The van der Waals surface area contributed by atoms with Crippen LogP contribution < -0.4 is 4.90 Å². The summed E-state index contributed by atoms with van der Waals surface area (Å²) in [5.41, 5.74) is 12.2. The molecule has 0 spiro atoms. The van der Waals surface area contributed by atoms with Crippen LogP contribution in [-0.2, 0) is 10.2 Å². The minimum absolute atomic E-state index is 0.0426. The highest BCUT2D eigenvalue weighted by Crippen LogP contribution is 2.46. The maximum absolute atomic E-state index is 14.5.